The van der Waals surface area contributed by atoms with Gasteiger partial charge in [-0.1, -0.05) is 36.4 Å². The van der Waals surface area contributed by atoms with Crippen molar-refractivity contribution in [1.82, 2.24) is 5.09 Å². The summed E-state index contributed by atoms with van der Waals surface area (Å²) < 4.78 is 41.7. The Morgan fingerprint density at radius 3 is 1.77 bits per heavy atom. The third kappa shape index (κ3) is 4.83. The molecule has 0 unspecified atom stereocenters. The van der Waals surface area contributed by atoms with Crippen LogP contribution in [0.15, 0.2) is 60.7 Å². The first-order valence-electron chi connectivity index (χ1n) is 8.74. The average Bonchev–Trinajstić information content (AvgIpc) is 2.63. The van der Waals surface area contributed by atoms with Gasteiger partial charge in [0.05, 0.1) is 12.4 Å². The van der Waals surface area contributed by atoms with Gasteiger partial charge in [0, 0.05) is 16.7 Å². The fourth-order valence-corrected chi connectivity index (χ4v) is 6.61. The van der Waals surface area contributed by atoms with E-state index in [2.05, 4.69) is 5.09 Å². The molecule has 5 nitrogen and oxygen atoms in total. The van der Waals surface area contributed by atoms with Crippen molar-refractivity contribution >= 4 is 28.0 Å². The molecule has 26 heavy (non-hydrogen) atoms. The molecular formula is C19H24NO4PS. The van der Waals surface area contributed by atoms with Crippen molar-refractivity contribution in [3.05, 3.63) is 60.7 Å². The van der Waals surface area contributed by atoms with Gasteiger partial charge in [0.1, 0.15) is 0 Å². The van der Waals surface area contributed by atoms with Gasteiger partial charge in [-0.25, -0.2) is 0 Å². The predicted molar refractivity (Wildman–Crippen MR) is 105 cm³/mol. The molecule has 1 aliphatic carbocycles. The lowest BCUT2D eigenvalue weighted by atomic mass is 9.94. The minimum absolute atomic E-state index is 0.0562. The minimum Gasteiger partial charge on any atom is -0.297 e. The van der Waals surface area contributed by atoms with Gasteiger partial charge in [-0.15, -0.1) is 0 Å². The zero-order valence-electron chi connectivity index (χ0n) is 14.7. The molecule has 0 bridgehead atoms. The van der Waals surface area contributed by atoms with Crippen LogP contribution in [0.2, 0.25) is 0 Å². The predicted octanol–water partition coefficient (Wildman–Crippen LogP) is 2.79. The number of hydrogen-bond acceptors (Lipinski definition) is 4. The SMILES string of the molecule is CS(=O)(=O)OC1CCC(NP(=O)(c2ccccc2)c2ccccc2)CC1. The molecule has 2 aromatic rings. The Labute approximate surface area is 155 Å². The van der Waals surface area contributed by atoms with E-state index in [1.54, 1.807) is 0 Å². The van der Waals surface area contributed by atoms with Crippen LogP contribution in [0.4, 0.5) is 0 Å². The monoisotopic (exact) mass is 393 g/mol. The third-order valence-electron chi connectivity index (χ3n) is 4.59. The van der Waals surface area contributed by atoms with Crippen LogP contribution in [0, 0.1) is 0 Å². The number of rotatable bonds is 6. The second-order valence-corrected chi connectivity index (χ2v) is 10.8. The van der Waals surface area contributed by atoms with E-state index < -0.39 is 17.4 Å². The Morgan fingerprint density at radius 1 is 0.885 bits per heavy atom. The van der Waals surface area contributed by atoms with Crippen LogP contribution in [-0.4, -0.2) is 26.8 Å². The third-order valence-corrected chi connectivity index (χ3v) is 7.99. The standard InChI is InChI=1S/C19H24NO4PS/c1-26(22,23)24-17-14-12-16(13-15-17)20-25(21,18-8-4-2-5-9-18)19-10-6-3-7-11-19/h2-11,16-17H,12-15H2,1H3,(H,20,21). The highest BCUT2D eigenvalue weighted by molar-refractivity contribution is 7.86. The van der Waals surface area contributed by atoms with Crippen molar-refractivity contribution in [1.29, 1.82) is 0 Å². The van der Waals surface area contributed by atoms with Gasteiger partial charge < -0.3 is 0 Å². The largest absolute Gasteiger partial charge is 0.297 e. The number of benzene rings is 2. The lowest BCUT2D eigenvalue weighted by Crippen LogP contribution is -2.39. The van der Waals surface area contributed by atoms with Crippen LogP contribution in [-0.2, 0) is 18.9 Å². The molecule has 3 rings (SSSR count). The molecule has 2 aromatic carbocycles. The van der Waals surface area contributed by atoms with Crippen molar-refractivity contribution in [2.45, 2.75) is 37.8 Å². The Kier molecular flexibility index (Phi) is 5.98. The van der Waals surface area contributed by atoms with E-state index in [-0.39, 0.29) is 12.1 Å². The summed E-state index contributed by atoms with van der Waals surface area (Å²) in [6.07, 6.45) is 3.52. The molecular weight excluding hydrogens is 369 g/mol. The summed E-state index contributed by atoms with van der Waals surface area (Å²) >= 11 is 0. The number of nitrogens with one attached hydrogen (secondary N) is 1. The quantitative estimate of drug-likeness (QED) is 0.604. The molecule has 0 spiro atoms. The van der Waals surface area contributed by atoms with E-state index >= 15 is 0 Å². The molecule has 1 fully saturated rings. The van der Waals surface area contributed by atoms with Crippen molar-refractivity contribution in [2.75, 3.05) is 6.26 Å². The molecule has 0 radical (unpaired) electrons. The van der Waals surface area contributed by atoms with Crippen LogP contribution in [0.3, 0.4) is 0 Å². The molecule has 0 atom stereocenters. The van der Waals surface area contributed by atoms with Gasteiger partial charge in [-0.2, -0.15) is 8.42 Å². The zero-order chi connectivity index (χ0) is 18.6. The van der Waals surface area contributed by atoms with Crippen LogP contribution in [0.5, 0.6) is 0 Å². The van der Waals surface area contributed by atoms with Crippen LogP contribution in [0.1, 0.15) is 25.7 Å². The molecule has 0 aromatic heterocycles. The van der Waals surface area contributed by atoms with Crippen molar-refractivity contribution < 1.29 is 17.2 Å². The molecule has 1 saturated carbocycles. The van der Waals surface area contributed by atoms with Gasteiger partial charge >= 0.3 is 0 Å². The Balaban J connectivity index is 1.77. The molecule has 140 valence electrons. The molecule has 0 saturated heterocycles. The summed E-state index contributed by atoms with van der Waals surface area (Å²) in [5.74, 6) is 0. The summed E-state index contributed by atoms with van der Waals surface area (Å²) in [6, 6.07) is 19.0. The van der Waals surface area contributed by atoms with E-state index in [0.717, 1.165) is 29.7 Å². The lowest BCUT2D eigenvalue weighted by molar-refractivity contribution is 0.152. The maximum atomic E-state index is 14.0. The normalized spacial score (nSPS) is 21.4. The van der Waals surface area contributed by atoms with Crippen LogP contribution < -0.4 is 15.7 Å². The zero-order valence-corrected chi connectivity index (χ0v) is 16.5. The first kappa shape index (κ1) is 19.3. The van der Waals surface area contributed by atoms with E-state index in [4.69, 9.17) is 4.18 Å². The smallest absolute Gasteiger partial charge is 0.264 e. The summed E-state index contributed by atoms with van der Waals surface area (Å²) in [4.78, 5) is 0. The Morgan fingerprint density at radius 2 is 1.35 bits per heavy atom. The first-order chi connectivity index (χ1) is 12.4. The highest BCUT2D eigenvalue weighted by Crippen LogP contribution is 2.41. The summed E-state index contributed by atoms with van der Waals surface area (Å²) in [6.45, 7) is 0. The highest BCUT2D eigenvalue weighted by atomic mass is 32.2. The van der Waals surface area contributed by atoms with E-state index in [0.29, 0.717) is 12.8 Å². The average molecular weight is 393 g/mol. The van der Waals surface area contributed by atoms with E-state index in [1.807, 2.05) is 60.7 Å². The van der Waals surface area contributed by atoms with Gasteiger partial charge in [0.25, 0.3) is 10.1 Å². The summed E-state index contributed by atoms with van der Waals surface area (Å²) in [7, 11) is -6.40. The maximum Gasteiger partial charge on any atom is 0.264 e. The van der Waals surface area contributed by atoms with E-state index in [1.165, 1.54) is 0 Å². The van der Waals surface area contributed by atoms with E-state index in [9.17, 15) is 13.0 Å². The van der Waals surface area contributed by atoms with Gasteiger partial charge in [0.15, 0.2) is 0 Å². The number of hydrogen-bond donors (Lipinski definition) is 1. The van der Waals surface area contributed by atoms with Crippen molar-refractivity contribution in [2.24, 2.45) is 0 Å². The summed E-state index contributed by atoms with van der Waals surface area (Å²) in [5, 5.41) is 4.96. The minimum atomic E-state index is -3.44. The fraction of sp³-hybridized carbons (Fsp3) is 0.368. The van der Waals surface area contributed by atoms with Gasteiger partial charge in [-0.3, -0.25) is 13.8 Å². The molecule has 7 heteroatoms. The fourth-order valence-electron chi connectivity index (χ4n) is 3.37. The van der Waals surface area contributed by atoms with Gasteiger partial charge in [-0.05, 0) is 49.9 Å². The maximum absolute atomic E-state index is 14.0. The molecule has 0 heterocycles. The first-order valence-corrected chi connectivity index (χ1v) is 12.3. The van der Waals surface area contributed by atoms with Crippen LogP contribution in [0.25, 0.3) is 0 Å². The van der Waals surface area contributed by atoms with Gasteiger partial charge in [0.2, 0.25) is 7.29 Å². The summed E-state index contributed by atoms with van der Waals surface area (Å²) in [5.41, 5.74) is 0. The topological polar surface area (TPSA) is 72.5 Å². The molecule has 1 aliphatic rings. The highest BCUT2D eigenvalue weighted by Gasteiger charge is 2.32. The van der Waals surface area contributed by atoms with Crippen molar-refractivity contribution in [3.8, 4) is 0 Å². The van der Waals surface area contributed by atoms with Crippen LogP contribution >= 0.6 is 7.29 Å². The van der Waals surface area contributed by atoms with Crippen molar-refractivity contribution in [3.63, 3.8) is 0 Å². The lowest BCUT2D eigenvalue weighted by Gasteiger charge is -2.32. The molecule has 0 amide bonds. The Hall–Kier alpha value is -1.46. The Bertz CT molecular complexity index is 819. The second kappa shape index (κ2) is 8.05. The molecule has 0 aliphatic heterocycles. The second-order valence-electron chi connectivity index (χ2n) is 6.68. The molecule has 1 N–H and O–H groups in total.